The van der Waals surface area contributed by atoms with Gasteiger partial charge in [-0.2, -0.15) is 0 Å². The lowest BCUT2D eigenvalue weighted by Gasteiger charge is -2.05. The minimum atomic E-state index is 0.631. The second kappa shape index (κ2) is 6.10. The Bertz CT molecular complexity index is 477. The van der Waals surface area contributed by atoms with E-state index in [0.717, 1.165) is 23.6 Å². The average molecular weight is 246 g/mol. The molecule has 4 heteroatoms. The highest BCUT2D eigenvalue weighted by atomic mass is 16.5. The predicted molar refractivity (Wildman–Crippen MR) is 70.8 cm³/mol. The van der Waals surface area contributed by atoms with Crippen LogP contribution in [0.3, 0.4) is 0 Å². The predicted octanol–water partition coefficient (Wildman–Crippen LogP) is 3.25. The minimum absolute atomic E-state index is 0.631. The lowest BCUT2D eigenvalue weighted by molar-refractivity contribution is 0.327. The van der Waals surface area contributed by atoms with Gasteiger partial charge < -0.3 is 14.5 Å². The van der Waals surface area contributed by atoms with Gasteiger partial charge in [0.05, 0.1) is 25.0 Å². The van der Waals surface area contributed by atoms with Gasteiger partial charge in [-0.1, -0.05) is 6.92 Å². The van der Waals surface area contributed by atoms with Crippen LogP contribution in [0, 0.1) is 0 Å². The number of nitrogens with zero attached hydrogens (tertiary/aromatic N) is 1. The van der Waals surface area contributed by atoms with Crippen LogP contribution in [0.5, 0.6) is 5.88 Å². The van der Waals surface area contributed by atoms with Crippen LogP contribution in [0.4, 0.5) is 5.69 Å². The summed E-state index contributed by atoms with van der Waals surface area (Å²) in [6, 6.07) is 7.80. The number of anilines is 1. The SMILES string of the molecule is CCOc1ccc(NCc2ccc(CC)o2)cn1. The van der Waals surface area contributed by atoms with Crippen molar-refractivity contribution in [2.24, 2.45) is 0 Å². The maximum absolute atomic E-state index is 5.61. The van der Waals surface area contributed by atoms with Crippen LogP contribution in [0.1, 0.15) is 25.4 Å². The number of hydrogen-bond donors (Lipinski definition) is 1. The number of aromatic nitrogens is 1. The highest BCUT2D eigenvalue weighted by Gasteiger charge is 2.01. The van der Waals surface area contributed by atoms with E-state index < -0.39 is 0 Å². The van der Waals surface area contributed by atoms with E-state index in [1.807, 2.05) is 31.2 Å². The first-order chi connectivity index (χ1) is 8.81. The largest absolute Gasteiger partial charge is 0.478 e. The standard InChI is InChI=1S/C14H18N2O2/c1-3-12-6-7-13(18-12)10-15-11-5-8-14(16-9-11)17-4-2/h5-9,15H,3-4,10H2,1-2H3. The van der Waals surface area contributed by atoms with Gasteiger partial charge in [0.25, 0.3) is 0 Å². The number of rotatable bonds is 6. The molecule has 0 unspecified atom stereocenters. The molecule has 0 saturated carbocycles. The summed E-state index contributed by atoms with van der Waals surface area (Å²) < 4.78 is 10.9. The first-order valence-corrected chi connectivity index (χ1v) is 6.22. The topological polar surface area (TPSA) is 47.3 Å². The molecule has 2 aromatic rings. The van der Waals surface area contributed by atoms with Crippen LogP contribution in [0.25, 0.3) is 0 Å². The Morgan fingerprint density at radius 3 is 2.61 bits per heavy atom. The van der Waals surface area contributed by atoms with Crippen LogP contribution in [-0.4, -0.2) is 11.6 Å². The lowest BCUT2D eigenvalue weighted by Crippen LogP contribution is -1.99. The smallest absolute Gasteiger partial charge is 0.213 e. The Labute approximate surface area is 107 Å². The summed E-state index contributed by atoms with van der Waals surface area (Å²) in [4.78, 5) is 4.19. The van der Waals surface area contributed by atoms with Crippen molar-refractivity contribution in [3.05, 3.63) is 42.0 Å². The zero-order chi connectivity index (χ0) is 12.8. The average Bonchev–Trinajstić information content (AvgIpc) is 2.86. The van der Waals surface area contributed by atoms with Crippen molar-refractivity contribution in [3.8, 4) is 5.88 Å². The Morgan fingerprint density at radius 1 is 1.17 bits per heavy atom. The Kier molecular flexibility index (Phi) is 4.23. The highest BCUT2D eigenvalue weighted by molar-refractivity contribution is 5.42. The number of hydrogen-bond acceptors (Lipinski definition) is 4. The molecule has 2 aromatic heterocycles. The molecule has 2 rings (SSSR count). The maximum Gasteiger partial charge on any atom is 0.213 e. The van der Waals surface area contributed by atoms with Crippen molar-refractivity contribution in [2.75, 3.05) is 11.9 Å². The molecule has 1 N–H and O–H groups in total. The molecule has 0 saturated heterocycles. The van der Waals surface area contributed by atoms with Gasteiger partial charge in [-0.15, -0.1) is 0 Å². The van der Waals surface area contributed by atoms with Gasteiger partial charge in [-0.3, -0.25) is 0 Å². The van der Waals surface area contributed by atoms with Crippen molar-refractivity contribution in [1.82, 2.24) is 4.98 Å². The molecule has 0 radical (unpaired) electrons. The third-order valence-electron chi connectivity index (χ3n) is 2.56. The van der Waals surface area contributed by atoms with Gasteiger partial charge in [0.1, 0.15) is 11.5 Å². The summed E-state index contributed by atoms with van der Waals surface area (Å²) in [6.07, 6.45) is 2.68. The second-order valence-electron chi connectivity index (χ2n) is 3.89. The molecule has 0 aromatic carbocycles. The van der Waals surface area contributed by atoms with E-state index in [1.54, 1.807) is 6.20 Å². The molecular formula is C14H18N2O2. The molecule has 0 aliphatic rings. The van der Waals surface area contributed by atoms with Crippen LogP contribution >= 0.6 is 0 Å². The fourth-order valence-electron chi connectivity index (χ4n) is 1.61. The minimum Gasteiger partial charge on any atom is -0.478 e. The normalized spacial score (nSPS) is 10.3. The van der Waals surface area contributed by atoms with Gasteiger partial charge >= 0.3 is 0 Å². The van der Waals surface area contributed by atoms with E-state index in [2.05, 4.69) is 17.2 Å². The number of pyridine rings is 1. The molecule has 0 amide bonds. The molecule has 0 atom stereocenters. The van der Waals surface area contributed by atoms with Gasteiger partial charge in [0.2, 0.25) is 5.88 Å². The quantitative estimate of drug-likeness (QED) is 0.850. The van der Waals surface area contributed by atoms with Gasteiger partial charge in [0.15, 0.2) is 0 Å². The van der Waals surface area contributed by atoms with E-state index in [9.17, 15) is 0 Å². The number of aryl methyl sites for hydroxylation is 1. The highest BCUT2D eigenvalue weighted by Crippen LogP contribution is 2.14. The van der Waals surface area contributed by atoms with E-state index in [1.165, 1.54) is 0 Å². The van der Waals surface area contributed by atoms with Crippen molar-refractivity contribution in [1.29, 1.82) is 0 Å². The fraction of sp³-hybridized carbons (Fsp3) is 0.357. The zero-order valence-electron chi connectivity index (χ0n) is 10.8. The molecule has 4 nitrogen and oxygen atoms in total. The molecular weight excluding hydrogens is 228 g/mol. The second-order valence-corrected chi connectivity index (χ2v) is 3.89. The van der Waals surface area contributed by atoms with E-state index in [4.69, 9.17) is 9.15 Å². The van der Waals surface area contributed by atoms with Crippen LogP contribution in [0.2, 0.25) is 0 Å². The maximum atomic E-state index is 5.61. The van der Waals surface area contributed by atoms with Crippen molar-refractivity contribution in [3.63, 3.8) is 0 Å². The molecule has 18 heavy (non-hydrogen) atoms. The number of nitrogens with one attached hydrogen (secondary N) is 1. The molecule has 0 fully saturated rings. The van der Waals surface area contributed by atoms with Crippen molar-refractivity contribution in [2.45, 2.75) is 26.8 Å². The van der Waals surface area contributed by atoms with Crippen LogP contribution in [-0.2, 0) is 13.0 Å². The summed E-state index contributed by atoms with van der Waals surface area (Å²) in [5.41, 5.74) is 0.952. The van der Waals surface area contributed by atoms with Gasteiger partial charge in [-0.05, 0) is 25.1 Å². The third-order valence-corrected chi connectivity index (χ3v) is 2.56. The monoisotopic (exact) mass is 246 g/mol. The third kappa shape index (κ3) is 3.26. The molecule has 0 bridgehead atoms. The van der Waals surface area contributed by atoms with Gasteiger partial charge in [0, 0.05) is 12.5 Å². The van der Waals surface area contributed by atoms with E-state index >= 15 is 0 Å². The summed E-state index contributed by atoms with van der Waals surface area (Å²) >= 11 is 0. The fourth-order valence-corrected chi connectivity index (χ4v) is 1.61. The van der Waals surface area contributed by atoms with Crippen LogP contribution in [0.15, 0.2) is 34.9 Å². The van der Waals surface area contributed by atoms with E-state index in [0.29, 0.717) is 19.0 Å². The summed E-state index contributed by atoms with van der Waals surface area (Å²) in [6.45, 7) is 5.31. The Balaban J connectivity index is 1.89. The summed E-state index contributed by atoms with van der Waals surface area (Å²) in [5.74, 6) is 2.59. The lowest BCUT2D eigenvalue weighted by atomic mass is 10.3. The summed E-state index contributed by atoms with van der Waals surface area (Å²) in [7, 11) is 0. The number of furan rings is 1. The molecule has 96 valence electrons. The Morgan fingerprint density at radius 2 is 2.00 bits per heavy atom. The molecule has 2 heterocycles. The molecule has 0 aliphatic carbocycles. The Hall–Kier alpha value is -1.97. The zero-order valence-corrected chi connectivity index (χ0v) is 10.8. The van der Waals surface area contributed by atoms with Crippen LogP contribution < -0.4 is 10.1 Å². The summed E-state index contributed by atoms with van der Waals surface area (Å²) in [5, 5.41) is 3.26. The van der Waals surface area contributed by atoms with Crippen molar-refractivity contribution >= 4 is 5.69 Å². The van der Waals surface area contributed by atoms with Crippen molar-refractivity contribution < 1.29 is 9.15 Å². The first kappa shape index (κ1) is 12.5. The first-order valence-electron chi connectivity index (χ1n) is 6.22. The molecule has 0 aliphatic heterocycles. The van der Waals surface area contributed by atoms with Gasteiger partial charge in [-0.25, -0.2) is 4.98 Å². The van der Waals surface area contributed by atoms with E-state index in [-0.39, 0.29) is 0 Å². The molecule has 0 spiro atoms. The number of ether oxygens (including phenoxy) is 1.